The number of nitriles is 1. The topological polar surface area (TPSA) is 92.8 Å². The molecule has 0 fully saturated rings. The smallest absolute Gasteiger partial charge is 0.266 e. The van der Waals surface area contributed by atoms with Gasteiger partial charge in [0.1, 0.15) is 23.1 Å². The molecule has 7 nitrogen and oxygen atoms in total. The predicted molar refractivity (Wildman–Crippen MR) is 131 cm³/mol. The van der Waals surface area contributed by atoms with E-state index in [-0.39, 0.29) is 5.57 Å². The Morgan fingerprint density at radius 2 is 1.91 bits per heavy atom. The molecule has 34 heavy (non-hydrogen) atoms. The Kier molecular flexibility index (Phi) is 7.11. The van der Waals surface area contributed by atoms with E-state index in [1.54, 1.807) is 41.4 Å². The number of anilines is 1. The number of aromatic nitrogens is 3. The number of nitrogens with one attached hydrogen (secondary N) is 1. The minimum atomic E-state index is -0.525. The molecule has 0 aliphatic carbocycles. The highest BCUT2D eigenvalue weighted by Crippen LogP contribution is 2.26. The highest BCUT2D eigenvalue weighted by Gasteiger charge is 2.16. The van der Waals surface area contributed by atoms with Crippen LogP contribution < -0.4 is 10.1 Å². The molecule has 1 N–H and O–H groups in total. The maximum atomic E-state index is 13.0. The van der Waals surface area contributed by atoms with Crippen LogP contribution in [0.5, 0.6) is 5.75 Å². The molecular weight excluding hydrogens is 426 g/mol. The second-order valence-electron chi connectivity index (χ2n) is 7.41. The van der Waals surface area contributed by atoms with Gasteiger partial charge in [0.05, 0.1) is 18.8 Å². The molecule has 1 amide bonds. The number of pyridine rings is 1. The molecule has 2 aromatic heterocycles. The van der Waals surface area contributed by atoms with Crippen LogP contribution in [-0.4, -0.2) is 27.3 Å². The molecule has 168 valence electrons. The quantitative estimate of drug-likeness (QED) is 0.304. The average molecular weight is 450 g/mol. The van der Waals surface area contributed by atoms with Gasteiger partial charge < -0.3 is 10.1 Å². The van der Waals surface area contributed by atoms with Crippen LogP contribution in [-0.2, 0) is 11.3 Å². The van der Waals surface area contributed by atoms with E-state index in [1.165, 1.54) is 0 Å². The fraction of sp³-hybridized carbons (Fsp3) is 0.111. The van der Waals surface area contributed by atoms with Crippen LogP contribution in [0.25, 0.3) is 17.3 Å². The number of nitrogens with zero attached hydrogens (tertiary/aromatic N) is 4. The van der Waals surface area contributed by atoms with Crippen LogP contribution in [0.2, 0.25) is 0 Å². The van der Waals surface area contributed by atoms with Crippen LogP contribution >= 0.6 is 0 Å². The number of carbonyl (C=O) groups excluding carboxylic acids is 1. The first-order valence-electron chi connectivity index (χ1n) is 10.8. The van der Waals surface area contributed by atoms with E-state index in [4.69, 9.17) is 9.84 Å². The Bertz CT molecular complexity index is 1340. The standard InChI is InChI=1S/C27H23N5O2/c1-2-34-25-13-7-6-12-24(25)30-27(33)22(16-28)15-23-19-32(18-20-9-4-3-5-10-20)31-26(23)21-11-8-14-29-17-21/h3-15,17,19H,2,18H2,1H3,(H,30,33)/b22-15+. The van der Waals surface area contributed by atoms with Gasteiger partial charge in [-0.05, 0) is 42.8 Å². The van der Waals surface area contributed by atoms with Crippen molar-refractivity contribution in [1.29, 1.82) is 5.26 Å². The number of carbonyl (C=O) groups is 1. The monoisotopic (exact) mass is 449 g/mol. The first-order valence-corrected chi connectivity index (χ1v) is 10.8. The van der Waals surface area contributed by atoms with Gasteiger partial charge >= 0.3 is 0 Å². The van der Waals surface area contributed by atoms with Gasteiger partial charge in [-0.25, -0.2) is 0 Å². The average Bonchev–Trinajstić information content (AvgIpc) is 3.27. The van der Waals surface area contributed by atoms with Crippen molar-refractivity contribution in [1.82, 2.24) is 14.8 Å². The second kappa shape index (κ2) is 10.7. The maximum absolute atomic E-state index is 13.0. The molecule has 0 spiro atoms. The number of ether oxygens (including phenoxy) is 1. The Morgan fingerprint density at radius 1 is 1.12 bits per heavy atom. The van der Waals surface area contributed by atoms with Crippen LogP contribution in [0.4, 0.5) is 5.69 Å². The van der Waals surface area contributed by atoms with E-state index in [0.29, 0.717) is 35.8 Å². The Balaban J connectivity index is 1.68. The number of para-hydroxylation sites is 2. The summed E-state index contributed by atoms with van der Waals surface area (Å²) in [5, 5.41) is 17.3. The van der Waals surface area contributed by atoms with Gasteiger partial charge in [0, 0.05) is 29.7 Å². The zero-order valence-electron chi connectivity index (χ0n) is 18.7. The molecular formula is C27H23N5O2. The Labute approximate surface area is 198 Å². The number of benzene rings is 2. The highest BCUT2D eigenvalue weighted by molar-refractivity contribution is 6.10. The molecule has 0 saturated heterocycles. The van der Waals surface area contributed by atoms with Crippen molar-refractivity contribution in [3.63, 3.8) is 0 Å². The lowest BCUT2D eigenvalue weighted by Crippen LogP contribution is -2.14. The van der Waals surface area contributed by atoms with Crippen molar-refractivity contribution in [2.45, 2.75) is 13.5 Å². The summed E-state index contributed by atoms with van der Waals surface area (Å²) in [6.07, 6.45) is 6.77. The molecule has 0 saturated carbocycles. The van der Waals surface area contributed by atoms with Gasteiger partial charge in [0.15, 0.2) is 0 Å². The minimum Gasteiger partial charge on any atom is -0.492 e. The fourth-order valence-corrected chi connectivity index (χ4v) is 3.47. The highest BCUT2D eigenvalue weighted by atomic mass is 16.5. The first-order chi connectivity index (χ1) is 16.7. The first kappa shape index (κ1) is 22.5. The Hall–Kier alpha value is -4.70. The van der Waals surface area contributed by atoms with E-state index in [1.807, 2.05) is 67.7 Å². The fourth-order valence-electron chi connectivity index (χ4n) is 3.47. The molecule has 4 rings (SSSR count). The predicted octanol–water partition coefficient (Wildman–Crippen LogP) is 4.94. The van der Waals surface area contributed by atoms with Gasteiger partial charge in [-0.2, -0.15) is 10.4 Å². The second-order valence-corrected chi connectivity index (χ2v) is 7.41. The van der Waals surface area contributed by atoms with Gasteiger partial charge in [-0.15, -0.1) is 0 Å². The Morgan fingerprint density at radius 3 is 2.65 bits per heavy atom. The summed E-state index contributed by atoms with van der Waals surface area (Å²) in [7, 11) is 0. The number of hydrogen-bond donors (Lipinski definition) is 1. The minimum absolute atomic E-state index is 0.0456. The normalized spacial score (nSPS) is 11.0. The molecule has 0 aliphatic heterocycles. The van der Waals surface area contributed by atoms with E-state index in [0.717, 1.165) is 11.1 Å². The van der Waals surface area contributed by atoms with E-state index < -0.39 is 5.91 Å². The van der Waals surface area contributed by atoms with E-state index in [9.17, 15) is 10.1 Å². The third kappa shape index (κ3) is 5.37. The van der Waals surface area contributed by atoms with Gasteiger partial charge in [0.25, 0.3) is 5.91 Å². The van der Waals surface area contributed by atoms with Gasteiger partial charge in [0.2, 0.25) is 0 Å². The zero-order chi connectivity index (χ0) is 23.8. The summed E-state index contributed by atoms with van der Waals surface area (Å²) < 4.78 is 7.36. The van der Waals surface area contributed by atoms with E-state index in [2.05, 4.69) is 10.3 Å². The van der Waals surface area contributed by atoms with Crippen LogP contribution in [0.1, 0.15) is 18.1 Å². The summed E-state index contributed by atoms with van der Waals surface area (Å²) in [6.45, 7) is 2.88. The summed E-state index contributed by atoms with van der Waals surface area (Å²) in [4.78, 5) is 17.1. The van der Waals surface area contributed by atoms with Crippen molar-refractivity contribution in [2.24, 2.45) is 0 Å². The van der Waals surface area contributed by atoms with Crippen molar-refractivity contribution in [3.8, 4) is 23.1 Å². The molecule has 7 heteroatoms. The van der Waals surface area contributed by atoms with Gasteiger partial charge in [-0.1, -0.05) is 42.5 Å². The number of hydrogen-bond acceptors (Lipinski definition) is 5. The number of amides is 1. The zero-order valence-corrected chi connectivity index (χ0v) is 18.7. The summed E-state index contributed by atoms with van der Waals surface area (Å²) in [6, 6.07) is 22.8. The van der Waals surface area contributed by atoms with E-state index >= 15 is 0 Å². The maximum Gasteiger partial charge on any atom is 0.266 e. The molecule has 0 atom stereocenters. The molecule has 0 aliphatic rings. The molecule has 2 heterocycles. The largest absolute Gasteiger partial charge is 0.492 e. The molecule has 0 radical (unpaired) electrons. The van der Waals surface area contributed by atoms with Crippen molar-refractivity contribution >= 4 is 17.7 Å². The summed E-state index contributed by atoms with van der Waals surface area (Å²) in [5.41, 5.74) is 3.62. The SMILES string of the molecule is CCOc1ccccc1NC(=O)/C(C#N)=C/c1cn(Cc2ccccc2)nc1-c1cccnc1. The van der Waals surface area contributed by atoms with Crippen LogP contribution in [0, 0.1) is 11.3 Å². The summed E-state index contributed by atoms with van der Waals surface area (Å²) >= 11 is 0. The summed E-state index contributed by atoms with van der Waals surface area (Å²) in [5.74, 6) is 0.0185. The van der Waals surface area contributed by atoms with Crippen molar-refractivity contribution in [2.75, 3.05) is 11.9 Å². The van der Waals surface area contributed by atoms with Crippen molar-refractivity contribution < 1.29 is 9.53 Å². The third-order valence-electron chi connectivity index (χ3n) is 5.01. The number of rotatable bonds is 8. The van der Waals surface area contributed by atoms with Gasteiger partial charge in [-0.3, -0.25) is 14.5 Å². The molecule has 2 aromatic carbocycles. The molecule has 0 unspecified atom stereocenters. The lowest BCUT2D eigenvalue weighted by atomic mass is 10.1. The molecule has 4 aromatic rings. The van der Waals surface area contributed by atoms with Crippen LogP contribution in [0.3, 0.4) is 0 Å². The lowest BCUT2D eigenvalue weighted by molar-refractivity contribution is -0.112. The lowest BCUT2D eigenvalue weighted by Gasteiger charge is -2.10. The third-order valence-corrected chi connectivity index (χ3v) is 5.01. The van der Waals surface area contributed by atoms with Crippen molar-refractivity contribution in [3.05, 3.63) is 102 Å². The van der Waals surface area contributed by atoms with Crippen LogP contribution in [0.15, 0.2) is 90.9 Å². The molecule has 0 bridgehead atoms.